The Morgan fingerprint density at radius 3 is 2.38 bits per heavy atom. The Kier molecular flexibility index (Phi) is 6.93. The molecular weight excluding hydrogens is 308 g/mol. The summed E-state index contributed by atoms with van der Waals surface area (Å²) in [7, 11) is 0. The SMILES string of the molecule is C=CCC[C@H]1CC[C@H](CC(F)(F)OCc2ccc(C#N)cc2)CC1. The third-order valence-corrected chi connectivity index (χ3v) is 4.80. The Hall–Kier alpha value is -1.73. The predicted molar refractivity (Wildman–Crippen MR) is 90.4 cm³/mol. The van der Waals surface area contributed by atoms with Crippen molar-refractivity contribution in [1.82, 2.24) is 0 Å². The Morgan fingerprint density at radius 2 is 1.79 bits per heavy atom. The Morgan fingerprint density at radius 1 is 1.17 bits per heavy atom. The van der Waals surface area contributed by atoms with Crippen LogP contribution in [0.5, 0.6) is 0 Å². The lowest BCUT2D eigenvalue weighted by atomic mass is 9.78. The molecule has 0 heterocycles. The molecule has 0 radical (unpaired) electrons. The molecule has 0 unspecified atom stereocenters. The number of alkyl halides is 2. The first-order valence-corrected chi connectivity index (χ1v) is 8.64. The van der Waals surface area contributed by atoms with E-state index in [9.17, 15) is 8.78 Å². The van der Waals surface area contributed by atoms with Gasteiger partial charge in [0.2, 0.25) is 0 Å². The van der Waals surface area contributed by atoms with Crippen molar-refractivity contribution in [3.63, 3.8) is 0 Å². The van der Waals surface area contributed by atoms with Crippen LogP contribution in [0.2, 0.25) is 0 Å². The second-order valence-electron chi connectivity index (χ2n) is 6.69. The number of nitrogens with zero attached hydrogens (tertiary/aromatic N) is 1. The molecule has 1 saturated carbocycles. The molecule has 0 aliphatic heterocycles. The molecule has 1 aliphatic rings. The lowest BCUT2D eigenvalue weighted by molar-refractivity contribution is -0.256. The molecule has 1 aromatic rings. The van der Waals surface area contributed by atoms with Gasteiger partial charge in [-0.25, -0.2) is 0 Å². The molecule has 0 saturated heterocycles. The van der Waals surface area contributed by atoms with Crippen molar-refractivity contribution in [2.45, 2.75) is 57.7 Å². The van der Waals surface area contributed by atoms with Gasteiger partial charge in [-0.2, -0.15) is 14.0 Å². The van der Waals surface area contributed by atoms with Crippen LogP contribution in [0.25, 0.3) is 0 Å². The maximum atomic E-state index is 14.1. The van der Waals surface area contributed by atoms with Crippen LogP contribution in [0.4, 0.5) is 8.78 Å². The van der Waals surface area contributed by atoms with Crippen LogP contribution < -0.4 is 0 Å². The quantitative estimate of drug-likeness (QED) is 0.561. The predicted octanol–water partition coefficient (Wildman–Crippen LogP) is 5.83. The number of nitriles is 1. The van der Waals surface area contributed by atoms with Crippen LogP contribution in [-0.4, -0.2) is 6.11 Å². The zero-order chi connectivity index (χ0) is 17.4. The van der Waals surface area contributed by atoms with Gasteiger partial charge < -0.3 is 4.74 Å². The summed E-state index contributed by atoms with van der Waals surface area (Å²) in [4.78, 5) is 0. The highest BCUT2D eigenvalue weighted by Gasteiger charge is 2.35. The fraction of sp³-hybridized carbons (Fsp3) is 0.550. The number of ether oxygens (including phenoxy) is 1. The molecule has 0 amide bonds. The largest absolute Gasteiger partial charge is 0.356 e. The number of hydrogen-bond acceptors (Lipinski definition) is 2. The molecule has 0 aromatic heterocycles. The smallest absolute Gasteiger partial charge is 0.316 e. The van der Waals surface area contributed by atoms with E-state index >= 15 is 0 Å². The van der Waals surface area contributed by atoms with Crippen LogP contribution in [-0.2, 0) is 11.3 Å². The molecule has 130 valence electrons. The summed E-state index contributed by atoms with van der Waals surface area (Å²) in [6.07, 6.45) is 4.56. The third-order valence-electron chi connectivity index (χ3n) is 4.80. The Balaban J connectivity index is 1.75. The van der Waals surface area contributed by atoms with Crippen molar-refractivity contribution < 1.29 is 13.5 Å². The van der Waals surface area contributed by atoms with Gasteiger partial charge in [-0.15, -0.1) is 6.58 Å². The second kappa shape index (κ2) is 8.94. The lowest BCUT2D eigenvalue weighted by Crippen LogP contribution is -2.27. The van der Waals surface area contributed by atoms with Gasteiger partial charge in [-0.05, 0) is 55.2 Å². The van der Waals surface area contributed by atoms with Crippen molar-refractivity contribution in [3.05, 3.63) is 48.0 Å². The molecule has 0 atom stereocenters. The third kappa shape index (κ3) is 6.05. The average molecular weight is 333 g/mol. The molecule has 4 heteroatoms. The van der Waals surface area contributed by atoms with Gasteiger partial charge in [0.05, 0.1) is 18.2 Å². The van der Waals surface area contributed by atoms with E-state index in [0.29, 0.717) is 17.0 Å². The fourth-order valence-corrected chi connectivity index (χ4v) is 3.34. The van der Waals surface area contributed by atoms with E-state index < -0.39 is 6.11 Å². The van der Waals surface area contributed by atoms with E-state index in [2.05, 4.69) is 6.58 Å². The Bertz CT molecular complexity index is 554. The minimum absolute atomic E-state index is 0.0425. The second-order valence-corrected chi connectivity index (χ2v) is 6.69. The standard InChI is InChI=1S/C20H25F2NO/c1-2-3-4-16-5-7-17(8-6-16)13-20(21,22)24-15-19-11-9-18(14-23)10-12-19/h2,9-12,16-17H,1,3-8,13,15H2/t16-,17-. The summed E-state index contributed by atoms with van der Waals surface area (Å²) in [6, 6.07) is 8.53. The van der Waals surface area contributed by atoms with Gasteiger partial charge in [0.15, 0.2) is 0 Å². The first-order valence-electron chi connectivity index (χ1n) is 8.64. The number of benzene rings is 1. The zero-order valence-electron chi connectivity index (χ0n) is 14.0. The first-order chi connectivity index (χ1) is 11.5. The van der Waals surface area contributed by atoms with Gasteiger partial charge >= 0.3 is 6.11 Å². The summed E-state index contributed by atoms with van der Waals surface area (Å²) < 4.78 is 33.0. The summed E-state index contributed by atoms with van der Waals surface area (Å²) >= 11 is 0. The average Bonchev–Trinajstić information content (AvgIpc) is 2.59. The van der Waals surface area contributed by atoms with Crippen LogP contribution in [0.1, 0.15) is 56.1 Å². The first kappa shape index (κ1) is 18.6. The maximum Gasteiger partial charge on any atom is 0.356 e. The van der Waals surface area contributed by atoms with E-state index in [-0.39, 0.29) is 18.9 Å². The van der Waals surface area contributed by atoms with Crippen molar-refractivity contribution in [3.8, 4) is 6.07 Å². The minimum atomic E-state index is -3.09. The van der Waals surface area contributed by atoms with Crippen molar-refractivity contribution >= 4 is 0 Å². The van der Waals surface area contributed by atoms with Gasteiger partial charge in [0.25, 0.3) is 0 Å². The topological polar surface area (TPSA) is 33.0 Å². The summed E-state index contributed by atoms with van der Waals surface area (Å²) in [5.74, 6) is 0.702. The van der Waals surface area contributed by atoms with Gasteiger partial charge in [0, 0.05) is 6.42 Å². The number of rotatable bonds is 8. The normalized spacial score (nSPS) is 21.2. The summed E-state index contributed by atoms with van der Waals surface area (Å²) in [6.45, 7) is 3.60. The minimum Gasteiger partial charge on any atom is -0.316 e. The van der Waals surface area contributed by atoms with Gasteiger partial charge in [-0.1, -0.05) is 31.1 Å². The number of allylic oxidation sites excluding steroid dienone is 1. The van der Waals surface area contributed by atoms with Crippen LogP contribution >= 0.6 is 0 Å². The van der Waals surface area contributed by atoms with Crippen LogP contribution in [0.3, 0.4) is 0 Å². The van der Waals surface area contributed by atoms with E-state index in [1.54, 1.807) is 24.3 Å². The molecule has 0 N–H and O–H groups in total. The highest BCUT2D eigenvalue weighted by atomic mass is 19.3. The molecule has 2 nitrogen and oxygen atoms in total. The number of halogens is 2. The highest BCUT2D eigenvalue weighted by Crippen LogP contribution is 2.38. The Labute approximate surface area is 143 Å². The zero-order valence-corrected chi connectivity index (χ0v) is 14.0. The monoisotopic (exact) mass is 333 g/mol. The van der Waals surface area contributed by atoms with Crippen LogP contribution in [0, 0.1) is 23.2 Å². The molecule has 0 spiro atoms. The summed E-state index contributed by atoms with van der Waals surface area (Å²) in [5.41, 5.74) is 1.17. The van der Waals surface area contributed by atoms with E-state index in [0.717, 1.165) is 38.5 Å². The van der Waals surface area contributed by atoms with Crippen molar-refractivity contribution in [2.24, 2.45) is 11.8 Å². The van der Waals surface area contributed by atoms with E-state index in [1.165, 1.54) is 0 Å². The van der Waals surface area contributed by atoms with E-state index in [1.807, 2.05) is 12.1 Å². The van der Waals surface area contributed by atoms with Crippen molar-refractivity contribution in [1.29, 1.82) is 5.26 Å². The van der Waals surface area contributed by atoms with Gasteiger partial charge in [-0.3, -0.25) is 0 Å². The molecule has 0 bridgehead atoms. The highest BCUT2D eigenvalue weighted by molar-refractivity contribution is 5.31. The van der Waals surface area contributed by atoms with E-state index in [4.69, 9.17) is 10.00 Å². The maximum absolute atomic E-state index is 14.1. The lowest BCUT2D eigenvalue weighted by Gasteiger charge is -2.30. The molecule has 1 aromatic carbocycles. The molecule has 24 heavy (non-hydrogen) atoms. The molecular formula is C20H25F2NO. The molecule has 1 fully saturated rings. The van der Waals surface area contributed by atoms with Gasteiger partial charge in [0.1, 0.15) is 0 Å². The number of hydrogen-bond donors (Lipinski definition) is 0. The molecule has 2 rings (SSSR count). The fourth-order valence-electron chi connectivity index (χ4n) is 3.34. The molecule has 1 aliphatic carbocycles. The summed E-state index contributed by atoms with van der Waals surface area (Å²) in [5, 5.41) is 8.73. The van der Waals surface area contributed by atoms with Crippen molar-refractivity contribution in [2.75, 3.05) is 0 Å². The van der Waals surface area contributed by atoms with Crippen LogP contribution in [0.15, 0.2) is 36.9 Å².